The van der Waals surface area contributed by atoms with Gasteiger partial charge in [-0.05, 0) is 32.5 Å². The summed E-state index contributed by atoms with van der Waals surface area (Å²) in [4.78, 5) is 12.1. The highest BCUT2D eigenvalue weighted by atomic mass is 35.5. The number of carbonyl (C=O) groups is 1. The molecule has 0 unspecified atom stereocenters. The monoisotopic (exact) mass is 261 g/mol. The summed E-state index contributed by atoms with van der Waals surface area (Å²) >= 11 is 5.98. The maximum absolute atomic E-state index is 12.1. The Morgan fingerprint density at radius 1 is 1.38 bits per heavy atom. The zero-order chi connectivity index (χ0) is 11.5. The summed E-state index contributed by atoms with van der Waals surface area (Å²) in [5.74, 6) is 0.0231. The molecule has 4 heteroatoms. The number of halogens is 2. The standard InChI is InChI=1S/C12H16ClNO.ClH/c1-4-14-12(2,3)11(15)9-7-5-6-8-10(9)13;/h5-8,14H,4H2,1-3H3;1H. The summed E-state index contributed by atoms with van der Waals surface area (Å²) in [6.07, 6.45) is 0. The molecule has 0 bridgehead atoms. The molecule has 0 aliphatic carbocycles. The first-order valence-electron chi connectivity index (χ1n) is 5.03. The number of hydrogen-bond acceptors (Lipinski definition) is 2. The third kappa shape index (κ3) is 3.48. The van der Waals surface area contributed by atoms with E-state index in [1.54, 1.807) is 12.1 Å². The van der Waals surface area contributed by atoms with Crippen molar-refractivity contribution >= 4 is 29.8 Å². The fourth-order valence-electron chi connectivity index (χ4n) is 1.50. The van der Waals surface area contributed by atoms with Gasteiger partial charge in [0.15, 0.2) is 5.78 Å². The molecule has 16 heavy (non-hydrogen) atoms. The van der Waals surface area contributed by atoms with E-state index in [1.165, 1.54) is 0 Å². The molecule has 0 spiro atoms. The van der Waals surface area contributed by atoms with Crippen LogP contribution in [0.25, 0.3) is 0 Å². The number of hydrogen-bond donors (Lipinski definition) is 1. The molecule has 1 aromatic carbocycles. The van der Waals surface area contributed by atoms with Crippen molar-refractivity contribution in [2.45, 2.75) is 26.3 Å². The van der Waals surface area contributed by atoms with Gasteiger partial charge in [-0.15, -0.1) is 12.4 Å². The maximum atomic E-state index is 12.1. The van der Waals surface area contributed by atoms with Gasteiger partial charge in [0.2, 0.25) is 0 Å². The Bertz CT molecular complexity index is 364. The van der Waals surface area contributed by atoms with Crippen molar-refractivity contribution < 1.29 is 4.79 Å². The summed E-state index contributed by atoms with van der Waals surface area (Å²) < 4.78 is 0. The number of carbonyl (C=O) groups excluding carboxylic acids is 1. The molecule has 0 amide bonds. The molecule has 0 atom stereocenters. The van der Waals surface area contributed by atoms with Crippen LogP contribution in [-0.4, -0.2) is 17.9 Å². The predicted molar refractivity (Wildman–Crippen MR) is 70.8 cm³/mol. The highest BCUT2D eigenvalue weighted by Crippen LogP contribution is 2.20. The molecule has 1 rings (SSSR count). The lowest BCUT2D eigenvalue weighted by molar-refractivity contribution is 0.0884. The lowest BCUT2D eigenvalue weighted by atomic mass is 9.93. The molecule has 1 aromatic rings. The molecule has 90 valence electrons. The van der Waals surface area contributed by atoms with Gasteiger partial charge in [0.05, 0.1) is 10.6 Å². The van der Waals surface area contributed by atoms with E-state index in [1.807, 2.05) is 32.9 Å². The van der Waals surface area contributed by atoms with E-state index in [0.29, 0.717) is 10.6 Å². The minimum absolute atomic E-state index is 0. The van der Waals surface area contributed by atoms with E-state index in [-0.39, 0.29) is 18.2 Å². The van der Waals surface area contributed by atoms with Gasteiger partial charge < -0.3 is 5.32 Å². The lowest BCUT2D eigenvalue weighted by Gasteiger charge is -2.24. The first-order valence-corrected chi connectivity index (χ1v) is 5.41. The third-order valence-electron chi connectivity index (χ3n) is 2.30. The molecule has 0 saturated carbocycles. The number of nitrogens with one attached hydrogen (secondary N) is 1. The van der Waals surface area contributed by atoms with E-state index in [2.05, 4.69) is 5.32 Å². The van der Waals surface area contributed by atoms with Gasteiger partial charge in [0.25, 0.3) is 0 Å². The Morgan fingerprint density at radius 3 is 2.44 bits per heavy atom. The van der Waals surface area contributed by atoms with Gasteiger partial charge in [-0.2, -0.15) is 0 Å². The van der Waals surface area contributed by atoms with Crippen LogP contribution in [0.4, 0.5) is 0 Å². The molecular weight excluding hydrogens is 245 g/mol. The van der Waals surface area contributed by atoms with Crippen LogP contribution in [-0.2, 0) is 0 Å². The molecular formula is C12H17Cl2NO. The number of likely N-dealkylation sites (N-methyl/N-ethyl adjacent to an activating group) is 1. The topological polar surface area (TPSA) is 29.1 Å². The molecule has 2 nitrogen and oxygen atoms in total. The van der Waals surface area contributed by atoms with Crippen LogP contribution in [0, 0.1) is 0 Å². The molecule has 0 saturated heterocycles. The second kappa shape index (κ2) is 6.24. The van der Waals surface area contributed by atoms with Crippen molar-refractivity contribution in [1.29, 1.82) is 0 Å². The van der Waals surface area contributed by atoms with Gasteiger partial charge in [0, 0.05) is 5.56 Å². The average Bonchev–Trinajstić information content (AvgIpc) is 2.17. The summed E-state index contributed by atoms with van der Waals surface area (Å²) in [6, 6.07) is 7.13. The zero-order valence-corrected chi connectivity index (χ0v) is 11.3. The Balaban J connectivity index is 0.00000225. The van der Waals surface area contributed by atoms with Crippen LogP contribution >= 0.6 is 24.0 Å². The van der Waals surface area contributed by atoms with Gasteiger partial charge in [0.1, 0.15) is 0 Å². The molecule has 1 N–H and O–H groups in total. The van der Waals surface area contributed by atoms with Crippen molar-refractivity contribution in [3.05, 3.63) is 34.9 Å². The predicted octanol–water partition coefficient (Wildman–Crippen LogP) is 3.33. The van der Waals surface area contributed by atoms with Crippen LogP contribution in [0.2, 0.25) is 5.02 Å². The van der Waals surface area contributed by atoms with Gasteiger partial charge in [-0.25, -0.2) is 0 Å². The number of ketones is 1. The van der Waals surface area contributed by atoms with Crippen LogP contribution in [0.15, 0.2) is 24.3 Å². The lowest BCUT2D eigenvalue weighted by Crippen LogP contribution is -2.46. The highest BCUT2D eigenvalue weighted by molar-refractivity contribution is 6.34. The van der Waals surface area contributed by atoms with Crippen LogP contribution < -0.4 is 5.32 Å². The van der Waals surface area contributed by atoms with Gasteiger partial charge >= 0.3 is 0 Å². The molecule has 0 aliphatic heterocycles. The summed E-state index contributed by atoms with van der Waals surface area (Å²) in [7, 11) is 0. The van der Waals surface area contributed by atoms with Crippen LogP contribution in [0.3, 0.4) is 0 Å². The van der Waals surface area contributed by atoms with E-state index < -0.39 is 5.54 Å². The quantitative estimate of drug-likeness (QED) is 0.843. The largest absolute Gasteiger partial charge is 0.305 e. The summed E-state index contributed by atoms with van der Waals surface area (Å²) in [5.41, 5.74) is 0.00448. The molecule has 0 fully saturated rings. The number of benzene rings is 1. The Labute approximate surface area is 108 Å². The third-order valence-corrected chi connectivity index (χ3v) is 2.63. The van der Waals surface area contributed by atoms with E-state index in [4.69, 9.17) is 11.6 Å². The Kier molecular flexibility index (Phi) is 6.01. The maximum Gasteiger partial charge on any atom is 0.183 e. The van der Waals surface area contributed by atoms with Crippen molar-refractivity contribution in [3.8, 4) is 0 Å². The number of rotatable bonds is 4. The van der Waals surface area contributed by atoms with Crippen LogP contribution in [0.5, 0.6) is 0 Å². The molecule has 0 aliphatic rings. The smallest absolute Gasteiger partial charge is 0.183 e. The minimum Gasteiger partial charge on any atom is -0.305 e. The fourth-order valence-corrected chi connectivity index (χ4v) is 1.73. The first kappa shape index (κ1) is 15.4. The summed E-state index contributed by atoms with van der Waals surface area (Å²) in [5, 5.41) is 3.65. The first-order chi connectivity index (χ1) is 6.99. The van der Waals surface area contributed by atoms with Gasteiger partial charge in [-0.1, -0.05) is 30.7 Å². The van der Waals surface area contributed by atoms with Crippen molar-refractivity contribution in [2.24, 2.45) is 0 Å². The van der Waals surface area contributed by atoms with Crippen LogP contribution in [0.1, 0.15) is 31.1 Å². The van der Waals surface area contributed by atoms with E-state index >= 15 is 0 Å². The van der Waals surface area contributed by atoms with E-state index in [9.17, 15) is 4.79 Å². The second-order valence-electron chi connectivity index (χ2n) is 3.96. The zero-order valence-electron chi connectivity index (χ0n) is 9.71. The number of Topliss-reactive ketones (excluding diaryl/α,β-unsaturated/α-hetero) is 1. The van der Waals surface area contributed by atoms with E-state index in [0.717, 1.165) is 6.54 Å². The molecule has 0 heterocycles. The summed E-state index contributed by atoms with van der Waals surface area (Å²) in [6.45, 7) is 6.45. The second-order valence-corrected chi connectivity index (χ2v) is 4.37. The normalized spacial score (nSPS) is 10.8. The Morgan fingerprint density at radius 2 is 1.94 bits per heavy atom. The molecule has 0 radical (unpaired) electrons. The minimum atomic E-state index is -0.570. The fraction of sp³-hybridized carbons (Fsp3) is 0.417. The van der Waals surface area contributed by atoms with Crippen molar-refractivity contribution in [1.82, 2.24) is 5.32 Å². The Hall–Kier alpha value is -0.570. The molecule has 0 aromatic heterocycles. The highest BCUT2D eigenvalue weighted by Gasteiger charge is 2.28. The van der Waals surface area contributed by atoms with Gasteiger partial charge in [-0.3, -0.25) is 4.79 Å². The average molecular weight is 262 g/mol. The van der Waals surface area contributed by atoms with Crippen molar-refractivity contribution in [2.75, 3.05) is 6.54 Å². The van der Waals surface area contributed by atoms with Crippen molar-refractivity contribution in [3.63, 3.8) is 0 Å². The SMILES string of the molecule is CCNC(C)(C)C(=O)c1ccccc1Cl.Cl.